The van der Waals surface area contributed by atoms with E-state index in [-0.39, 0.29) is 0 Å². The zero-order chi connectivity index (χ0) is 12.5. The van der Waals surface area contributed by atoms with Gasteiger partial charge in [0.25, 0.3) is 0 Å². The van der Waals surface area contributed by atoms with Gasteiger partial charge in [-0.3, -0.25) is 0 Å². The second-order valence-corrected chi connectivity index (χ2v) is 5.20. The van der Waals surface area contributed by atoms with Crippen LogP contribution in [0.5, 0.6) is 0 Å². The normalized spacial score (nSPS) is 15.0. The molecule has 1 fully saturated rings. The van der Waals surface area contributed by atoms with Crippen molar-refractivity contribution in [3.05, 3.63) is 46.7 Å². The van der Waals surface area contributed by atoms with E-state index in [0.717, 1.165) is 28.5 Å². The van der Waals surface area contributed by atoms with E-state index in [1.807, 2.05) is 36.0 Å². The van der Waals surface area contributed by atoms with E-state index in [1.165, 1.54) is 12.8 Å². The van der Waals surface area contributed by atoms with Gasteiger partial charge in [0.15, 0.2) is 0 Å². The zero-order valence-corrected chi connectivity index (χ0v) is 11.1. The molecule has 3 nitrogen and oxygen atoms in total. The van der Waals surface area contributed by atoms with Gasteiger partial charge in [-0.05, 0) is 38.0 Å². The Labute approximate surface area is 112 Å². The summed E-state index contributed by atoms with van der Waals surface area (Å²) in [6, 6.07) is 8.63. The van der Waals surface area contributed by atoms with Crippen LogP contribution in [0.25, 0.3) is 5.69 Å². The molecule has 0 unspecified atom stereocenters. The van der Waals surface area contributed by atoms with E-state index in [1.54, 1.807) is 0 Å². The van der Waals surface area contributed by atoms with Gasteiger partial charge in [-0.15, -0.1) is 0 Å². The SMILES string of the molecule is Cc1ccn(-c2cccc(Cl)c2CNC2CC2)n1. The smallest absolute Gasteiger partial charge is 0.0705 e. The first kappa shape index (κ1) is 11.8. The third kappa shape index (κ3) is 2.42. The van der Waals surface area contributed by atoms with E-state index < -0.39 is 0 Å². The van der Waals surface area contributed by atoms with Crippen LogP contribution in [-0.4, -0.2) is 15.8 Å². The highest BCUT2D eigenvalue weighted by atomic mass is 35.5. The van der Waals surface area contributed by atoms with Gasteiger partial charge < -0.3 is 5.32 Å². The molecule has 2 aromatic rings. The number of hydrogen-bond acceptors (Lipinski definition) is 2. The minimum atomic E-state index is 0.675. The maximum Gasteiger partial charge on any atom is 0.0705 e. The Morgan fingerprint density at radius 1 is 1.39 bits per heavy atom. The molecule has 1 heterocycles. The molecule has 0 radical (unpaired) electrons. The predicted molar refractivity (Wildman–Crippen MR) is 73.2 cm³/mol. The topological polar surface area (TPSA) is 29.9 Å². The molecule has 0 amide bonds. The fourth-order valence-electron chi connectivity index (χ4n) is 2.02. The van der Waals surface area contributed by atoms with E-state index in [2.05, 4.69) is 16.5 Å². The molecule has 0 saturated heterocycles. The molecule has 1 aliphatic rings. The number of hydrogen-bond donors (Lipinski definition) is 1. The molecule has 1 aliphatic carbocycles. The van der Waals surface area contributed by atoms with Gasteiger partial charge >= 0.3 is 0 Å². The minimum absolute atomic E-state index is 0.675. The van der Waals surface area contributed by atoms with E-state index in [4.69, 9.17) is 11.6 Å². The van der Waals surface area contributed by atoms with Crippen molar-refractivity contribution in [2.24, 2.45) is 0 Å². The number of nitrogens with one attached hydrogen (secondary N) is 1. The molecular formula is C14H16ClN3. The summed E-state index contributed by atoms with van der Waals surface area (Å²) in [5, 5.41) is 8.76. The molecule has 1 aromatic heterocycles. The fraction of sp³-hybridized carbons (Fsp3) is 0.357. The van der Waals surface area contributed by atoms with Crippen molar-refractivity contribution in [3.8, 4) is 5.69 Å². The average molecular weight is 262 g/mol. The van der Waals surface area contributed by atoms with Crippen LogP contribution >= 0.6 is 11.6 Å². The third-order valence-corrected chi connectivity index (χ3v) is 3.56. The molecule has 94 valence electrons. The minimum Gasteiger partial charge on any atom is -0.310 e. The second kappa shape index (κ2) is 4.75. The lowest BCUT2D eigenvalue weighted by molar-refractivity contribution is 0.681. The van der Waals surface area contributed by atoms with Crippen LogP contribution < -0.4 is 5.32 Å². The zero-order valence-electron chi connectivity index (χ0n) is 10.4. The summed E-state index contributed by atoms with van der Waals surface area (Å²) in [5.41, 5.74) is 3.19. The number of aryl methyl sites for hydroxylation is 1. The summed E-state index contributed by atoms with van der Waals surface area (Å²) in [7, 11) is 0. The lowest BCUT2D eigenvalue weighted by Crippen LogP contribution is -2.17. The van der Waals surface area contributed by atoms with E-state index in [0.29, 0.717) is 6.04 Å². The summed E-state index contributed by atoms with van der Waals surface area (Å²) in [5.74, 6) is 0. The van der Waals surface area contributed by atoms with Crippen LogP contribution in [0.2, 0.25) is 5.02 Å². The predicted octanol–water partition coefficient (Wildman–Crippen LogP) is 3.09. The Balaban J connectivity index is 1.93. The number of aromatic nitrogens is 2. The summed E-state index contributed by atoms with van der Waals surface area (Å²) in [6.07, 6.45) is 4.53. The molecule has 4 heteroatoms. The largest absolute Gasteiger partial charge is 0.310 e. The van der Waals surface area contributed by atoms with E-state index >= 15 is 0 Å². The van der Waals surface area contributed by atoms with Gasteiger partial charge in [0.05, 0.1) is 11.4 Å². The van der Waals surface area contributed by atoms with Crippen molar-refractivity contribution in [2.75, 3.05) is 0 Å². The molecule has 1 saturated carbocycles. The van der Waals surface area contributed by atoms with Gasteiger partial charge in [0.1, 0.15) is 0 Å². The number of halogens is 1. The maximum absolute atomic E-state index is 6.31. The second-order valence-electron chi connectivity index (χ2n) is 4.79. The Hall–Kier alpha value is -1.32. The standard InChI is InChI=1S/C14H16ClN3/c1-10-7-8-18(17-10)14-4-2-3-13(15)12(14)9-16-11-5-6-11/h2-4,7-8,11,16H,5-6,9H2,1H3. The first-order valence-electron chi connectivity index (χ1n) is 6.27. The summed E-state index contributed by atoms with van der Waals surface area (Å²) >= 11 is 6.31. The van der Waals surface area contributed by atoms with Gasteiger partial charge in [-0.25, -0.2) is 4.68 Å². The monoisotopic (exact) mass is 261 g/mol. The van der Waals surface area contributed by atoms with Gasteiger partial charge in [0, 0.05) is 29.4 Å². The first-order valence-corrected chi connectivity index (χ1v) is 6.65. The summed E-state index contributed by atoms with van der Waals surface area (Å²) in [6.45, 7) is 2.79. The van der Waals surface area contributed by atoms with Gasteiger partial charge in [-0.1, -0.05) is 17.7 Å². The first-order chi connectivity index (χ1) is 8.74. The van der Waals surface area contributed by atoms with E-state index in [9.17, 15) is 0 Å². The van der Waals surface area contributed by atoms with Crippen molar-refractivity contribution in [1.29, 1.82) is 0 Å². The Bertz CT molecular complexity index is 558. The van der Waals surface area contributed by atoms with Crippen LogP contribution in [-0.2, 0) is 6.54 Å². The van der Waals surface area contributed by atoms with Crippen molar-refractivity contribution in [3.63, 3.8) is 0 Å². The van der Waals surface area contributed by atoms with Crippen LogP contribution in [0.3, 0.4) is 0 Å². The van der Waals surface area contributed by atoms with Gasteiger partial charge in [0.2, 0.25) is 0 Å². The lowest BCUT2D eigenvalue weighted by atomic mass is 10.1. The Morgan fingerprint density at radius 3 is 2.89 bits per heavy atom. The molecule has 0 atom stereocenters. The summed E-state index contributed by atoms with van der Waals surface area (Å²) in [4.78, 5) is 0. The fourth-order valence-corrected chi connectivity index (χ4v) is 2.26. The van der Waals surface area contributed by atoms with Crippen LogP contribution in [0.15, 0.2) is 30.5 Å². The number of nitrogens with zero attached hydrogens (tertiary/aromatic N) is 2. The van der Waals surface area contributed by atoms with Crippen molar-refractivity contribution in [2.45, 2.75) is 32.4 Å². The Kier molecular flexibility index (Phi) is 3.10. The van der Waals surface area contributed by atoms with Gasteiger partial charge in [-0.2, -0.15) is 5.10 Å². The number of rotatable bonds is 4. The number of benzene rings is 1. The molecule has 3 rings (SSSR count). The van der Waals surface area contributed by atoms with Crippen LogP contribution in [0.4, 0.5) is 0 Å². The molecule has 1 aromatic carbocycles. The molecule has 1 N–H and O–H groups in total. The highest BCUT2D eigenvalue weighted by molar-refractivity contribution is 6.31. The van der Waals surface area contributed by atoms with Crippen molar-refractivity contribution in [1.82, 2.24) is 15.1 Å². The Morgan fingerprint density at radius 2 is 2.22 bits per heavy atom. The maximum atomic E-state index is 6.31. The lowest BCUT2D eigenvalue weighted by Gasteiger charge is -2.12. The third-order valence-electron chi connectivity index (χ3n) is 3.21. The van der Waals surface area contributed by atoms with Crippen LogP contribution in [0, 0.1) is 6.92 Å². The van der Waals surface area contributed by atoms with Crippen molar-refractivity contribution < 1.29 is 0 Å². The highest BCUT2D eigenvalue weighted by Crippen LogP contribution is 2.25. The summed E-state index contributed by atoms with van der Waals surface area (Å²) < 4.78 is 1.89. The molecular weight excluding hydrogens is 246 g/mol. The molecule has 0 spiro atoms. The molecule has 0 aliphatic heterocycles. The average Bonchev–Trinajstić information content (AvgIpc) is 3.08. The van der Waals surface area contributed by atoms with Crippen LogP contribution in [0.1, 0.15) is 24.1 Å². The van der Waals surface area contributed by atoms with Crippen molar-refractivity contribution >= 4 is 11.6 Å². The quantitative estimate of drug-likeness (QED) is 0.917. The highest BCUT2D eigenvalue weighted by Gasteiger charge is 2.21. The molecule has 18 heavy (non-hydrogen) atoms. The molecule has 0 bridgehead atoms.